The summed E-state index contributed by atoms with van der Waals surface area (Å²) in [7, 11) is 0. The molecule has 1 aromatic rings. The minimum absolute atomic E-state index is 0.0135. The van der Waals surface area contributed by atoms with Gasteiger partial charge >= 0.3 is 5.97 Å². The molecule has 1 rings (SSSR count). The molecule has 0 saturated carbocycles. The molecule has 1 aromatic carbocycles. The fourth-order valence-electron chi connectivity index (χ4n) is 2.34. The average molecular weight is 411 g/mol. The second-order valence-electron chi connectivity index (χ2n) is 7.59. The SMILES string of the molecule is CC(OCc1ccccc1)[C@H](NC(=O)C(C)(C)NC(=O)[C@H](S)C(C)C)C(=O)O. The molecule has 0 aromatic heterocycles. The van der Waals surface area contributed by atoms with Crippen LogP contribution in [0, 0.1) is 5.92 Å². The maximum Gasteiger partial charge on any atom is 0.328 e. The lowest BCUT2D eigenvalue weighted by Crippen LogP contribution is -2.61. The van der Waals surface area contributed by atoms with Gasteiger partial charge in [0.1, 0.15) is 5.54 Å². The molecular weight excluding hydrogens is 380 g/mol. The minimum atomic E-state index is -1.31. The Kier molecular flexibility index (Phi) is 8.97. The predicted octanol–water partition coefficient (Wildman–Crippen LogP) is 2.01. The van der Waals surface area contributed by atoms with Crippen molar-refractivity contribution in [3.63, 3.8) is 0 Å². The van der Waals surface area contributed by atoms with E-state index in [0.717, 1.165) is 5.56 Å². The van der Waals surface area contributed by atoms with Gasteiger partial charge in [0, 0.05) is 0 Å². The van der Waals surface area contributed by atoms with Crippen molar-refractivity contribution in [3.05, 3.63) is 35.9 Å². The number of thiol groups is 1. The van der Waals surface area contributed by atoms with Gasteiger partial charge in [0.15, 0.2) is 6.04 Å². The van der Waals surface area contributed by atoms with Crippen LogP contribution in [0.25, 0.3) is 0 Å². The van der Waals surface area contributed by atoms with Crippen molar-refractivity contribution < 1.29 is 24.2 Å². The minimum Gasteiger partial charge on any atom is -0.480 e. The average Bonchev–Trinajstić information content (AvgIpc) is 2.63. The van der Waals surface area contributed by atoms with Gasteiger partial charge in [-0.25, -0.2) is 4.79 Å². The van der Waals surface area contributed by atoms with E-state index in [2.05, 4.69) is 23.3 Å². The third kappa shape index (κ3) is 7.16. The second kappa shape index (κ2) is 10.5. The largest absolute Gasteiger partial charge is 0.480 e. The number of rotatable bonds is 10. The van der Waals surface area contributed by atoms with E-state index in [4.69, 9.17) is 4.74 Å². The number of hydrogen-bond acceptors (Lipinski definition) is 5. The molecule has 8 heteroatoms. The Morgan fingerprint density at radius 1 is 1.14 bits per heavy atom. The van der Waals surface area contributed by atoms with Crippen LogP contribution in [0.5, 0.6) is 0 Å². The molecule has 3 atom stereocenters. The summed E-state index contributed by atoms with van der Waals surface area (Å²) in [6.07, 6.45) is -0.776. The van der Waals surface area contributed by atoms with E-state index in [0.29, 0.717) is 0 Å². The zero-order valence-corrected chi connectivity index (χ0v) is 17.8. The maximum absolute atomic E-state index is 12.6. The monoisotopic (exact) mass is 410 g/mol. The molecular formula is C20H30N2O5S. The summed E-state index contributed by atoms with van der Waals surface area (Å²) >= 11 is 4.24. The molecule has 3 N–H and O–H groups in total. The van der Waals surface area contributed by atoms with Crippen molar-refractivity contribution in [3.8, 4) is 0 Å². The Balaban J connectivity index is 2.74. The molecule has 156 valence electrons. The van der Waals surface area contributed by atoms with Crippen molar-refractivity contribution in [2.45, 2.75) is 64.2 Å². The van der Waals surface area contributed by atoms with Crippen LogP contribution in [0.2, 0.25) is 0 Å². The Hall–Kier alpha value is -2.06. The number of ether oxygens (including phenoxy) is 1. The first kappa shape index (κ1) is 24.0. The van der Waals surface area contributed by atoms with Crippen LogP contribution in [-0.4, -0.2) is 45.8 Å². The van der Waals surface area contributed by atoms with Crippen molar-refractivity contribution in [1.29, 1.82) is 0 Å². The summed E-state index contributed by atoms with van der Waals surface area (Å²) in [5.74, 6) is -2.24. The van der Waals surface area contributed by atoms with Crippen LogP contribution >= 0.6 is 12.6 Å². The van der Waals surface area contributed by atoms with Gasteiger partial charge < -0.3 is 20.5 Å². The van der Waals surface area contributed by atoms with E-state index in [9.17, 15) is 19.5 Å². The first-order valence-electron chi connectivity index (χ1n) is 9.15. The number of carbonyl (C=O) groups is 3. The molecule has 0 aliphatic carbocycles. The molecule has 7 nitrogen and oxygen atoms in total. The molecule has 0 aliphatic rings. The second-order valence-corrected chi connectivity index (χ2v) is 8.15. The third-order valence-corrected chi connectivity index (χ3v) is 5.11. The number of carbonyl (C=O) groups excluding carboxylic acids is 2. The molecule has 0 saturated heterocycles. The normalized spacial score (nSPS) is 14.8. The molecule has 2 amide bonds. The van der Waals surface area contributed by atoms with Gasteiger partial charge in [0.2, 0.25) is 11.8 Å². The van der Waals surface area contributed by atoms with Crippen LogP contribution in [0.1, 0.15) is 40.2 Å². The third-order valence-electron chi connectivity index (χ3n) is 4.28. The molecule has 28 heavy (non-hydrogen) atoms. The summed E-state index contributed by atoms with van der Waals surface area (Å²) in [5.41, 5.74) is -0.411. The van der Waals surface area contributed by atoms with E-state index in [1.807, 2.05) is 44.2 Å². The zero-order chi connectivity index (χ0) is 21.5. The lowest BCUT2D eigenvalue weighted by molar-refractivity contribution is -0.147. The standard InChI is InChI=1S/C20H30N2O5S/c1-12(2)16(28)17(23)22-20(4,5)19(26)21-15(18(24)25)13(3)27-11-14-9-7-6-8-10-14/h6-10,12-13,15-16,28H,11H2,1-5H3,(H,21,26)(H,22,23)(H,24,25)/t13?,15-,16+/m0/s1. The van der Waals surface area contributed by atoms with Crippen LogP contribution < -0.4 is 10.6 Å². The van der Waals surface area contributed by atoms with Crippen LogP contribution in [0.4, 0.5) is 0 Å². The number of amides is 2. The summed E-state index contributed by atoms with van der Waals surface area (Å²) < 4.78 is 5.62. The van der Waals surface area contributed by atoms with E-state index in [1.54, 1.807) is 6.92 Å². The first-order valence-corrected chi connectivity index (χ1v) is 9.66. The Labute approximate surface area is 171 Å². The van der Waals surface area contributed by atoms with E-state index in [-0.39, 0.29) is 12.5 Å². The van der Waals surface area contributed by atoms with Crippen LogP contribution in [-0.2, 0) is 25.7 Å². The van der Waals surface area contributed by atoms with Crippen molar-refractivity contribution in [1.82, 2.24) is 10.6 Å². The number of aliphatic carboxylic acids is 1. The fourth-order valence-corrected chi connectivity index (χ4v) is 2.41. The van der Waals surface area contributed by atoms with Crippen molar-refractivity contribution >= 4 is 30.4 Å². The van der Waals surface area contributed by atoms with E-state index < -0.39 is 40.7 Å². The highest BCUT2D eigenvalue weighted by molar-refractivity contribution is 7.81. The highest BCUT2D eigenvalue weighted by Gasteiger charge is 2.36. The van der Waals surface area contributed by atoms with E-state index in [1.165, 1.54) is 13.8 Å². The molecule has 0 bridgehead atoms. The molecule has 0 heterocycles. The molecule has 0 fully saturated rings. The van der Waals surface area contributed by atoms with Gasteiger partial charge in [-0.3, -0.25) is 9.59 Å². The number of hydrogen-bond donors (Lipinski definition) is 4. The highest BCUT2D eigenvalue weighted by Crippen LogP contribution is 2.13. The van der Waals surface area contributed by atoms with Crippen molar-refractivity contribution in [2.24, 2.45) is 5.92 Å². The topological polar surface area (TPSA) is 105 Å². The summed E-state index contributed by atoms with van der Waals surface area (Å²) in [6.45, 7) is 8.51. The zero-order valence-electron chi connectivity index (χ0n) is 16.9. The smallest absolute Gasteiger partial charge is 0.328 e. The van der Waals surface area contributed by atoms with Crippen molar-refractivity contribution in [2.75, 3.05) is 0 Å². The van der Waals surface area contributed by atoms with Gasteiger partial charge in [-0.05, 0) is 32.3 Å². The summed E-state index contributed by atoms with van der Waals surface area (Å²) in [5, 5.41) is 14.0. The summed E-state index contributed by atoms with van der Waals surface area (Å²) in [4.78, 5) is 36.5. The van der Waals surface area contributed by atoms with Gasteiger partial charge in [0.05, 0.1) is 18.0 Å². The lowest BCUT2D eigenvalue weighted by Gasteiger charge is -2.30. The van der Waals surface area contributed by atoms with Gasteiger partial charge in [-0.15, -0.1) is 0 Å². The number of carboxylic acid groups (broad SMARTS) is 1. The fraction of sp³-hybridized carbons (Fsp3) is 0.550. The van der Waals surface area contributed by atoms with Gasteiger partial charge in [-0.1, -0.05) is 44.2 Å². The molecule has 0 aliphatic heterocycles. The lowest BCUT2D eigenvalue weighted by atomic mass is 10.0. The van der Waals surface area contributed by atoms with E-state index >= 15 is 0 Å². The first-order chi connectivity index (χ1) is 13.0. The van der Waals surface area contributed by atoms with Crippen LogP contribution in [0.3, 0.4) is 0 Å². The number of benzene rings is 1. The molecule has 1 unspecified atom stereocenters. The molecule has 0 radical (unpaired) electrons. The van der Waals surface area contributed by atoms with Gasteiger partial charge in [0.25, 0.3) is 0 Å². The maximum atomic E-state index is 12.6. The number of carboxylic acids is 1. The Morgan fingerprint density at radius 3 is 2.21 bits per heavy atom. The van der Waals surface area contributed by atoms with Crippen LogP contribution in [0.15, 0.2) is 30.3 Å². The number of nitrogens with one attached hydrogen (secondary N) is 2. The molecule has 0 spiro atoms. The highest BCUT2D eigenvalue weighted by atomic mass is 32.1. The van der Waals surface area contributed by atoms with Gasteiger partial charge in [-0.2, -0.15) is 12.6 Å². The summed E-state index contributed by atoms with van der Waals surface area (Å²) in [6, 6.07) is 8.06. The Morgan fingerprint density at radius 2 is 1.71 bits per heavy atom. The Bertz CT molecular complexity index is 678. The predicted molar refractivity (Wildman–Crippen MR) is 110 cm³/mol. The quantitative estimate of drug-likeness (QED) is 0.442.